The predicted octanol–water partition coefficient (Wildman–Crippen LogP) is 7.46. The van der Waals surface area contributed by atoms with Gasteiger partial charge in [0.25, 0.3) is 0 Å². The number of esters is 1. The van der Waals surface area contributed by atoms with Crippen molar-refractivity contribution in [3.05, 3.63) is 58.7 Å². The predicted molar refractivity (Wildman–Crippen MR) is 183 cm³/mol. The van der Waals surface area contributed by atoms with E-state index >= 15 is 0 Å². The third-order valence-electron chi connectivity index (χ3n) is 8.84. The molecule has 2 heterocycles. The molecule has 1 aliphatic carbocycles. The number of hydrogen-bond acceptors (Lipinski definition) is 5. The van der Waals surface area contributed by atoms with Gasteiger partial charge in [-0.3, -0.25) is 4.79 Å². The molecule has 3 rings (SSSR count). The molecule has 0 unspecified atom stereocenters. The number of carbonyl (C=O) groups is 3. The highest BCUT2D eigenvalue weighted by molar-refractivity contribution is 8.00. The highest BCUT2D eigenvalue weighted by atomic mass is 32.2. The maximum absolute atomic E-state index is 12.1. The highest BCUT2D eigenvalue weighted by Crippen LogP contribution is 2.40. The van der Waals surface area contributed by atoms with Gasteiger partial charge < -0.3 is 20.7 Å². The lowest BCUT2D eigenvalue weighted by molar-refractivity contribution is -0.138. The molecular weight excluding hydrogens is 570 g/mol. The zero-order chi connectivity index (χ0) is 32.0. The monoisotopic (exact) mass is 625 g/mol. The van der Waals surface area contributed by atoms with Gasteiger partial charge in [0.15, 0.2) is 0 Å². The van der Waals surface area contributed by atoms with Crippen LogP contribution in [0.15, 0.2) is 58.7 Å². The van der Waals surface area contributed by atoms with Crippen molar-refractivity contribution in [3.63, 3.8) is 0 Å². The normalized spacial score (nSPS) is 23.7. The van der Waals surface area contributed by atoms with Crippen molar-refractivity contribution in [1.29, 1.82) is 0 Å². The molecule has 0 spiro atoms. The molecule has 8 heteroatoms. The second-order valence-electron chi connectivity index (χ2n) is 13.2. The van der Waals surface area contributed by atoms with Crippen molar-refractivity contribution < 1.29 is 19.1 Å². The first-order valence-electron chi connectivity index (χ1n) is 16.6. The number of amides is 3. The molecule has 3 N–H and O–H groups in total. The molecule has 3 amide bonds. The molecule has 0 radical (unpaired) electrons. The Kier molecular flexibility index (Phi) is 14.8. The number of urea groups is 1. The van der Waals surface area contributed by atoms with E-state index in [4.69, 9.17) is 4.74 Å². The van der Waals surface area contributed by atoms with Crippen LogP contribution in [0.5, 0.6) is 0 Å². The highest BCUT2D eigenvalue weighted by Gasteiger charge is 2.42. The van der Waals surface area contributed by atoms with Gasteiger partial charge in [0.2, 0.25) is 5.91 Å². The first kappa shape index (κ1) is 35.7. The number of hydrogen-bond donors (Lipinski definition) is 3. The van der Waals surface area contributed by atoms with Gasteiger partial charge in [-0.15, -0.1) is 0 Å². The third-order valence-corrected chi connectivity index (χ3v) is 10.3. The van der Waals surface area contributed by atoms with Crippen molar-refractivity contribution in [2.24, 2.45) is 5.41 Å². The van der Waals surface area contributed by atoms with Crippen molar-refractivity contribution in [3.8, 4) is 0 Å². The molecule has 3 aliphatic rings. The smallest absolute Gasteiger partial charge is 0.331 e. The minimum atomic E-state index is -0.307. The fraction of sp³-hybridized carbons (Fsp3) is 0.639. The van der Waals surface area contributed by atoms with E-state index in [1.807, 2.05) is 30.8 Å². The summed E-state index contributed by atoms with van der Waals surface area (Å²) >= 11 is 1.92. The van der Waals surface area contributed by atoms with E-state index in [0.29, 0.717) is 24.8 Å². The van der Waals surface area contributed by atoms with Gasteiger partial charge in [-0.25, -0.2) is 9.59 Å². The van der Waals surface area contributed by atoms with Gasteiger partial charge in [-0.1, -0.05) is 68.2 Å². The molecule has 0 saturated carbocycles. The number of ether oxygens (including phenoxy) is 1. The molecule has 44 heavy (non-hydrogen) atoms. The van der Waals surface area contributed by atoms with E-state index in [-0.39, 0.29) is 35.4 Å². The summed E-state index contributed by atoms with van der Waals surface area (Å²) < 4.78 is 5.36. The van der Waals surface area contributed by atoms with Crippen LogP contribution >= 0.6 is 11.8 Å². The van der Waals surface area contributed by atoms with Crippen LogP contribution in [-0.4, -0.2) is 54.1 Å². The Balaban J connectivity index is 1.18. The average Bonchev–Trinajstić information content (AvgIpc) is 3.51. The average molecular weight is 626 g/mol. The standard InChI is InChI=1S/C36H55N3O4S/c1-26(19-20-29-28(3)16-13-21-36(29,4)5)14-12-15-27(2)24-33(41)43-23-11-7-6-10-22-37-32(40)18-9-8-17-31-34-30(25-44-31)38-35(42)39-34/h12,14-15,19-20,24,30-31,34H,6-11,13,16-18,21-23,25H2,1-5H3,(H,37,40)(H2,38,39,42)/b15-12+,20-19+,26-14+,27-24+/t30-,31-,34-/m0/s1. The van der Waals surface area contributed by atoms with Crippen LogP contribution in [0.25, 0.3) is 0 Å². The lowest BCUT2D eigenvalue weighted by Crippen LogP contribution is -2.36. The Hall–Kier alpha value is -2.74. The van der Waals surface area contributed by atoms with Crippen LogP contribution in [0.1, 0.15) is 105 Å². The Morgan fingerprint density at radius 2 is 1.84 bits per heavy atom. The van der Waals surface area contributed by atoms with Gasteiger partial charge in [0.05, 0.1) is 18.7 Å². The van der Waals surface area contributed by atoms with E-state index in [9.17, 15) is 14.4 Å². The molecule has 244 valence electrons. The molecule has 0 aromatic heterocycles. The number of rotatable bonds is 17. The summed E-state index contributed by atoms with van der Waals surface area (Å²) in [4.78, 5) is 35.7. The van der Waals surface area contributed by atoms with Gasteiger partial charge in [0.1, 0.15) is 0 Å². The molecule has 3 atom stereocenters. The minimum Gasteiger partial charge on any atom is -0.463 e. The Bertz CT molecular complexity index is 1150. The Morgan fingerprint density at radius 1 is 1.05 bits per heavy atom. The second-order valence-corrected chi connectivity index (χ2v) is 14.5. The summed E-state index contributed by atoms with van der Waals surface area (Å²) in [7, 11) is 0. The molecular formula is C36H55N3O4S. The van der Waals surface area contributed by atoms with Crippen molar-refractivity contribution in [2.45, 2.75) is 123 Å². The van der Waals surface area contributed by atoms with E-state index in [2.05, 4.69) is 61.9 Å². The summed E-state index contributed by atoms with van der Waals surface area (Å²) in [5, 5.41) is 9.45. The minimum absolute atomic E-state index is 0.0498. The molecule has 2 saturated heterocycles. The van der Waals surface area contributed by atoms with Crippen LogP contribution in [-0.2, 0) is 14.3 Å². The molecule has 7 nitrogen and oxygen atoms in total. The molecule has 0 aromatic rings. The zero-order valence-electron chi connectivity index (χ0n) is 27.6. The summed E-state index contributed by atoms with van der Waals surface area (Å²) in [5.74, 6) is 0.776. The number of fused-ring (bicyclic) bond motifs is 1. The topological polar surface area (TPSA) is 96.5 Å². The van der Waals surface area contributed by atoms with E-state index in [0.717, 1.165) is 56.3 Å². The van der Waals surface area contributed by atoms with Gasteiger partial charge in [-0.05, 0) is 88.7 Å². The molecule has 2 fully saturated rings. The molecule has 0 aromatic carbocycles. The van der Waals surface area contributed by atoms with Crippen LogP contribution in [0.2, 0.25) is 0 Å². The van der Waals surface area contributed by atoms with E-state index in [1.165, 1.54) is 42.1 Å². The van der Waals surface area contributed by atoms with Crippen molar-refractivity contribution in [1.82, 2.24) is 16.0 Å². The van der Waals surface area contributed by atoms with E-state index < -0.39 is 0 Å². The summed E-state index contributed by atoms with van der Waals surface area (Å²) in [6.45, 7) is 12.0. The third kappa shape index (κ3) is 12.3. The molecule has 0 bridgehead atoms. The number of allylic oxidation sites excluding steroid dienone is 9. The van der Waals surface area contributed by atoms with Gasteiger partial charge in [0, 0.05) is 30.0 Å². The number of unbranched alkanes of at least 4 members (excludes halogenated alkanes) is 4. The summed E-state index contributed by atoms with van der Waals surface area (Å²) in [6, 6.07) is 0.443. The number of carbonyl (C=O) groups excluding carboxylic acids is 3. The maximum Gasteiger partial charge on any atom is 0.331 e. The van der Waals surface area contributed by atoms with Crippen LogP contribution < -0.4 is 16.0 Å². The summed E-state index contributed by atoms with van der Waals surface area (Å²) in [6.07, 6.45) is 22.8. The van der Waals surface area contributed by atoms with Crippen LogP contribution in [0, 0.1) is 5.41 Å². The van der Waals surface area contributed by atoms with Crippen molar-refractivity contribution in [2.75, 3.05) is 18.9 Å². The fourth-order valence-electron chi connectivity index (χ4n) is 6.25. The fourth-order valence-corrected chi connectivity index (χ4v) is 7.80. The van der Waals surface area contributed by atoms with Crippen LogP contribution in [0.3, 0.4) is 0 Å². The largest absolute Gasteiger partial charge is 0.463 e. The number of nitrogens with one attached hydrogen (secondary N) is 3. The Labute approximate surface area is 269 Å². The molecule has 2 aliphatic heterocycles. The first-order chi connectivity index (χ1) is 21.0. The maximum atomic E-state index is 12.1. The van der Waals surface area contributed by atoms with Gasteiger partial charge in [-0.2, -0.15) is 11.8 Å². The quantitative estimate of drug-likeness (QED) is 0.0513. The van der Waals surface area contributed by atoms with E-state index in [1.54, 1.807) is 0 Å². The Morgan fingerprint density at radius 3 is 2.64 bits per heavy atom. The summed E-state index contributed by atoms with van der Waals surface area (Å²) in [5.41, 5.74) is 5.23. The van der Waals surface area contributed by atoms with Crippen LogP contribution in [0.4, 0.5) is 4.79 Å². The SMILES string of the molecule is CC1=C(/C=C/C(C)=C/C=C/C(C)=C/C(=O)OCCCCCCNC(=O)CCCC[C@@H]2SC[C@@H]3NC(=O)N[C@@H]32)C(C)(C)CCC1. The van der Waals surface area contributed by atoms with Crippen molar-refractivity contribution >= 4 is 29.7 Å². The number of thioether (sulfide) groups is 1. The second kappa shape index (κ2) is 18.3. The first-order valence-corrected chi connectivity index (χ1v) is 17.6. The van der Waals surface area contributed by atoms with Gasteiger partial charge >= 0.3 is 12.0 Å². The zero-order valence-corrected chi connectivity index (χ0v) is 28.5. The lowest BCUT2D eigenvalue weighted by atomic mass is 9.72. The lowest BCUT2D eigenvalue weighted by Gasteiger charge is -2.32.